The van der Waals surface area contributed by atoms with Crippen LogP contribution in [0.25, 0.3) is 0 Å². The van der Waals surface area contributed by atoms with Gasteiger partial charge in [-0.3, -0.25) is 19.1 Å². The lowest BCUT2D eigenvalue weighted by Crippen LogP contribution is -2.35. The van der Waals surface area contributed by atoms with Crippen LogP contribution in [-0.4, -0.2) is 47.3 Å². The molecule has 1 aromatic heterocycles. The molecule has 1 aromatic carbocycles. The maximum atomic E-state index is 14.0. The first-order valence-electron chi connectivity index (χ1n) is 8.44. The molecule has 0 bridgehead atoms. The highest BCUT2D eigenvalue weighted by Crippen LogP contribution is 2.63. The Morgan fingerprint density at radius 1 is 1.04 bits per heavy atom. The first kappa shape index (κ1) is 16.9. The number of pyridine rings is 1. The fourth-order valence-corrected chi connectivity index (χ4v) is 6.84. The summed E-state index contributed by atoms with van der Waals surface area (Å²) >= 11 is 0. The fourth-order valence-electron chi connectivity index (χ4n) is 3.65. The number of carbonyl (C=O) groups excluding carboxylic acids is 2. The second-order valence-electron chi connectivity index (χ2n) is 6.43. The molecule has 0 radical (unpaired) electrons. The molecule has 0 spiro atoms. The smallest absolute Gasteiger partial charge is 0.252 e. The molecule has 7 nitrogen and oxygen atoms in total. The van der Waals surface area contributed by atoms with Gasteiger partial charge in [-0.1, -0.05) is 18.2 Å². The quantitative estimate of drug-likeness (QED) is 0.610. The van der Waals surface area contributed by atoms with Gasteiger partial charge in [0, 0.05) is 31.4 Å². The number of benzene rings is 1. The number of nitrogens with zero attached hydrogens (tertiary/aromatic N) is 4. The zero-order valence-electron chi connectivity index (χ0n) is 14.4. The highest BCUT2D eigenvalue weighted by Gasteiger charge is 2.56. The SMILES string of the molecule is CN1CCN(c2ccccc2)P1(=O)C1CC(=O)N(c2cccnc2)C1=O. The Bertz CT molecular complexity index is 890. The zero-order valence-corrected chi connectivity index (χ0v) is 15.3. The third kappa shape index (κ3) is 2.47. The third-order valence-corrected chi connectivity index (χ3v) is 8.47. The van der Waals surface area contributed by atoms with Crippen molar-refractivity contribution in [3.05, 3.63) is 54.9 Å². The van der Waals surface area contributed by atoms with Crippen LogP contribution in [0, 0.1) is 0 Å². The van der Waals surface area contributed by atoms with E-state index >= 15 is 0 Å². The second-order valence-corrected chi connectivity index (χ2v) is 9.39. The topological polar surface area (TPSA) is 73.8 Å². The molecule has 3 heterocycles. The number of para-hydroxylation sites is 1. The Labute approximate surface area is 151 Å². The normalized spacial score (nSPS) is 26.7. The van der Waals surface area contributed by atoms with Crippen LogP contribution in [-0.2, 0) is 14.2 Å². The predicted octanol–water partition coefficient (Wildman–Crippen LogP) is 2.36. The fraction of sp³-hybridized carbons (Fsp3) is 0.278. The Hall–Kier alpha value is -2.50. The van der Waals surface area contributed by atoms with Crippen molar-refractivity contribution in [3.8, 4) is 0 Å². The van der Waals surface area contributed by atoms with E-state index in [0.29, 0.717) is 18.8 Å². The Kier molecular flexibility index (Phi) is 4.13. The second kappa shape index (κ2) is 6.34. The van der Waals surface area contributed by atoms with Gasteiger partial charge < -0.3 is 4.67 Å². The summed E-state index contributed by atoms with van der Waals surface area (Å²) < 4.78 is 17.6. The van der Waals surface area contributed by atoms with Crippen LogP contribution in [0.3, 0.4) is 0 Å². The monoisotopic (exact) mass is 370 g/mol. The van der Waals surface area contributed by atoms with Crippen LogP contribution in [0.5, 0.6) is 0 Å². The molecular weight excluding hydrogens is 351 g/mol. The van der Waals surface area contributed by atoms with Gasteiger partial charge >= 0.3 is 0 Å². The van der Waals surface area contributed by atoms with Crippen LogP contribution in [0.2, 0.25) is 0 Å². The van der Waals surface area contributed by atoms with Gasteiger partial charge in [-0.25, -0.2) is 9.57 Å². The lowest BCUT2D eigenvalue weighted by Gasteiger charge is -2.32. The Balaban J connectivity index is 1.73. The van der Waals surface area contributed by atoms with Crippen molar-refractivity contribution >= 4 is 30.6 Å². The van der Waals surface area contributed by atoms with Crippen molar-refractivity contribution in [2.75, 3.05) is 29.7 Å². The van der Waals surface area contributed by atoms with Crippen LogP contribution in [0.15, 0.2) is 54.9 Å². The van der Waals surface area contributed by atoms with Gasteiger partial charge in [0.1, 0.15) is 5.66 Å². The molecule has 8 heteroatoms. The van der Waals surface area contributed by atoms with Crippen molar-refractivity contribution in [2.24, 2.45) is 0 Å². The van der Waals surface area contributed by atoms with Crippen molar-refractivity contribution in [1.82, 2.24) is 9.65 Å². The summed E-state index contributed by atoms with van der Waals surface area (Å²) in [6.45, 7) is 1.14. The van der Waals surface area contributed by atoms with E-state index in [4.69, 9.17) is 0 Å². The summed E-state index contributed by atoms with van der Waals surface area (Å²) in [5.41, 5.74) is 0.355. The van der Waals surface area contributed by atoms with Gasteiger partial charge in [0.2, 0.25) is 11.8 Å². The van der Waals surface area contributed by atoms with Gasteiger partial charge in [-0.05, 0) is 31.3 Å². The van der Waals surface area contributed by atoms with E-state index in [9.17, 15) is 14.2 Å². The van der Waals surface area contributed by atoms with E-state index in [1.807, 2.05) is 30.3 Å². The highest BCUT2D eigenvalue weighted by molar-refractivity contribution is 7.65. The average Bonchev–Trinajstić information content (AvgIpc) is 3.13. The molecule has 2 aliphatic heterocycles. The number of amides is 2. The van der Waals surface area contributed by atoms with Crippen molar-refractivity contribution in [1.29, 1.82) is 0 Å². The number of anilines is 2. The van der Waals surface area contributed by atoms with Crippen molar-refractivity contribution < 1.29 is 14.2 Å². The molecule has 2 unspecified atom stereocenters. The number of carbonyl (C=O) groups is 2. The number of aromatic nitrogens is 1. The van der Waals surface area contributed by atoms with Crippen LogP contribution >= 0.6 is 7.44 Å². The van der Waals surface area contributed by atoms with Crippen LogP contribution in [0.4, 0.5) is 11.4 Å². The van der Waals surface area contributed by atoms with E-state index in [0.717, 1.165) is 10.6 Å². The van der Waals surface area contributed by atoms with Gasteiger partial charge in [0.05, 0.1) is 11.9 Å². The maximum absolute atomic E-state index is 14.0. The summed E-state index contributed by atoms with van der Waals surface area (Å²) in [6.07, 6.45) is 3.00. The number of hydrogen-bond acceptors (Lipinski definition) is 4. The summed E-state index contributed by atoms with van der Waals surface area (Å²) in [6, 6.07) is 12.7. The first-order valence-corrected chi connectivity index (χ1v) is 10.1. The van der Waals surface area contributed by atoms with Gasteiger partial charge in [0.25, 0.3) is 7.44 Å². The molecule has 0 N–H and O–H groups in total. The number of imide groups is 1. The number of rotatable bonds is 3. The molecule has 26 heavy (non-hydrogen) atoms. The standard InChI is InChI=1S/C18H19N4O3P/c1-20-10-11-21(14-6-3-2-4-7-14)26(20,25)16-12-17(23)22(18(16)24)15-8-5-9-19-13-15/h2-9,13,16H,10-12H2,1H3. The van der Waals surface area contributed by atoms with E-state index < -0.39 is 19.0 Å². The van der Waals surface area contributed by atoms with Crippen molar-refractivity contribution in [3.63, 3.8) is 0 Å². The summed E-state index contributed by atoms with van der Waals surface area (Å²) in [5, 5.41) is 0. The number of hydrogen-bond donors (Lipinski definition) is 0. The predicted molar refractivity (Wildman–Crippen MR) is 99.2 cm³/mol. The molecule has 2 aliphatic rings. The minimum atomic E-state index is -3.26. The first-order chi connectivity index (χ1) is 12.5. The molecular formula is C18H19N4O3P. The Morgan fingerprint density at radius 2 is 1.77 bits per heavy atom. The molecule has 2 aromatic rings. The van der Waals surface area contributed by atoms with Gasteiger partial charge in [-0.2, -0.15) is 0 Å². The van der Waals surface area contributed by atoms with E-state index in [1.165, 1.54) is 6.20 Å². The molecule has 2 atom stereocenters. The van der Waals surface area contributed by atoms with Crippen LogP contribution in [0.1, 0.15) is 6.42 Å². The molecule has 134 valence electrons. The lowest BCUT2D eigenvalue weighted by molar-refractivity contribution is -0.121. The summed E-state index contributed by atoms with van der Waals surface area (Å²) in [5.74, 6) is -0.752. The molecule has 0 aliphatic carbocycles. The molecule has 2 saturated heterocycles. The van der Waals surface area contributed by atoms with E-state index in [-0.39, 0.29) is 12.3 Å². The lowest BCUT2D eigenvalue weighted by atomic mass is 10.3. The Morgan fingerprint density at radius 3 is 2.46 bits per heavy atom. The molecule has 2 fully saturated rings. The largest absolute Gasteiger partial charge is 0.309 e. The van der Waals surface area contributed by atoms with Gasteiger partial charge in [0.15, 0.2) is 0 Å². The molecule has 0 saturated carbocycles. The summed E-state index contributed by atoms with van der Waals surface area (Å²) in [7, 11) is -1.50. The highest BCUT2D eigenvalue weighted by atomic mass is 31.2. The van der Waals surface area contributed by atoms with Gasteiger partial charge in [-0.15, -0.1) is 0 Å². The zero-order chi connectivity index (χ0) is 18.3. The molecule has 2 amide bonds. The number of likely N-dealkylation sites (N-methyl/N-ethyl adjacent to an activating group) is 1. The summed E-state index contributed by atoms with van der Waals surface area (Å²) in [4.78, 5) is 30.7. The van der Waals surface area contributed by atoms with Crippen molar-refractivity contribution in [2.45, 2.75) is 12.1 Å². The third-order valence-electron chi connectivity index (χ3n) is 4.96. The maximum Gasteiger partial charge on any atom is 0.252 e. The van der Waals surface area contributed by atoms with E-state index in [2.05, 4.69) is 4.98 Å². The molecule has 4 rings (SSSR count). The van der Waals surface area contributed by atoms with E-state index in [1.54, 1.807) is 34.7 Å². The minimum absolute atomic E-state index is 0.0569. The minimum Gasteiger partial charge on any atom is -0.309 e. The van der Waals surface area contributed by atoms with Crippen LogP contribution < -0.4 is 9.57 Å². The average molecular weight is 370 g/mol.